The van der Waals surface area contributed by atoms with Crippen LogP contribution in [0.25, 0.3) is 81.5 Å². The van der Waals surface area contributed by atoms with Crippen LogP contribution >= 0.6 is 11.3 Å². The molecule has 0 saturated carbocycles. The number of pyridine rings is 1. The molecule has 0 spiro atoms. The average molecular weight is 561 g/mol. The van der Waals surface area contributed by atoms with Crippen LogP contribution in [0.3, 0.4) is 0 Å². The van der Waals surface area contributed by atoms with Gasteiger partial charge in [0.1, 0.15) is 16.2 Å². The maximum Gasteiger partial charge on any atom is 0.159 e. The Morgan fingerprint density at radius 3 is 2.48 bits per heavy atom. The Morgan fingerprint density at radius 2 is 1.55 bits per heavy atom. The highest BCUT2D eigenvalue weighted by Crippen LogP contribution is 2.45. The largest absolute Gasteiger partial charge is 0.454 e. The van der Waals surface area contributed by atoms with Crippen molar-refractivity contribution in [2.24, 2.45) is 0 Å². The Balaban J connectivity index is 1.35. The molecule has 0 aliphatic rings. The quantitative estimate of drug-likeness (QED) is 0.216. The first-order chi connectivity index (χ1) is 22.0. The summed E-state index contributed by atoms with van der Waals surface area (Å²) >= 11 is 1.64. The number of benzene rings is 5. The lowest BCUT2D eigenvalue weighted by Gasteiger charge is -2.13. The number of thiophene rings is 1. The van der Waals surface area contributed by atoms with Gasteiger partial charge in [0.05, 0.1) is 16.7 Å². The van der Waals surface area contributed by atoms with E-state index in [0.29, 0.717) is 5.56 Å². The van der Waals surface area contributed by atoms with Gasteiger partial charge in [-0.05, 0) is 60.4 Å². The van der Waals surface area contributed by atoms with Crippen LogP contribution in [0.5, 0.6) is 0 Å². The number of rotatable bonds is 3. The summed E-state index contributed by atoms with van der Waals surface area (Å²) in [6, 6.07) is 38.1. The minimum Gasteiger partial charge on any atom is -0.454 e. The zero-order valence-electron chi connectivity index (χ0n) is 25.2. The summed E-state index contributed by atoms with van der Waals surface area (Å²) in [5.41, 5.74) is 7.72. The van der Waals surface area contributed by atoms with E-state index in [1.54, 1.807) is 23.5 Å². The minimum atomic E-state index is -2.15. The van der Waals surface area contributed by atoms with Crippen LogP contribution in [0.1, 0.15) is 9.68 Å². The lowest BCUT2D eigenvalue weighted by atomic mass is 9.97. The summed E-state index contributed by atoms with van der Waals surface area (Å²) in [6.45, 7) is -2.15. The van der Waals surface area contributed by atoms with Gasteiger partial charge >= 0.3 is 0 Å². The van der Waals surface area contributed by atoms with Gasteiger partial charge in [0.2, 0.25) is 0 Å². The number of para-hydroxylation sites is 4. The molecule has 198 valence electrons. The zero-order chi connectivity index (χ0) is 30.3. The first-order valence-corrected chi connectivity index (χ1v) is 14.6. The van der Waals surface area contributed by atoms with Crippen LogP contribution in [-0.4, -0.2) is 14.5 Å². The van der Waals surface area contributed by atoms with Crippen molar-refractivity contribution in [1.29, 1.82) is 0 Å². The van der Waals surface area contributed by atoms with Gasteiger partial charge in [-0.15, -0.1) is 11.3 Å². The summed E-state index contributed by atoms with van der Waals surface area (Å²) < 4.78 is 33.2. The van der Waals surface area contributed by atoms with Crippen molar-refractivity contribution in [3.63, 3.8) is 0 Å². The zero-order valence-corrected chi connectivity index (χ0v) is 23.0. The van der Waals surface area contributed by atoms with Crippen molar-refractivity contribution in [3.8, 4) is 28.2 Å². The summed E-state index contributed by atoms with van der Waals surface area (Å²) in [5.74, 6) is 0.810. The second kappa shape index (κ2) is 8.87. The van der Waals surface area contributed by atoms with Gasteiger partial charge in [-0.3, -0.25) is 4.57 Å². The predicted molar refractivity (Wildman–Crippen MR) is 175 cm³/mol. The lowest BCUT2D eigenvalue weighted by molar-refractivity contribution is 0.666. The number of fused-ring (bicyclic) bond motifs is 7. The first-order valence-electron chi connectivity index (χ1n) is 15.3. The highest BCUT2D eigenvalue weighted by Gasteiger charge is 2.23. The second-order valence-electron chi connectivity index (χ2n) is 10.4. The fraction of sp³-hybridized carbons (Fsp3) is 0.0270. The first kappa shape index (κ1) is 20.6. The minimum absolute atomic E-state index is 0.324. The molecule has 0 aliphatic carbocycles. The maximum atomic E-state index is 7.82. The van der Waals surface area contributed by atoms with E-state index in [9.17, 15) is 0 Å². The fourth-order valence-corrected chi connectivity index (χ4v) is 7.32. The van der Waals surface area contributed by atoms with Gasteiger partial charge in [-0.2, -0.15) is 0 Å². The summed E-state index contributed by atoms with van der Waals surface area (Å²) in [6.07, 6.45) is 1.82. The molecule has 4 aromatic heterocycles. The molecule has 0 radical (unpaired) electrons. The molecule has 42 heavy (non-hydrogen) atoms. The van der Waals surface area contributed by atoms with Crippen molar-refractivity contribution in [1.82, 2.24) is 14.5 Å². The van der Waals surface area contributed by atoms with Crippen LogP contribution < -0.4 is 0 Å². The highest BCUT2D eigenvalue weighted by atomic mass is 32.1. The van der Waals surface area contributed by atoms with Crippen molar-refractivity contribution in [2.75, 3.05) is 0 Å². The van der Waals surface area contributed by atoms with Gasteiger partial charge < -0.3 is 4.42 Å². The third kappa shape index (κ3) is 3.34. The normalized spacial score (nSPS) is 13.3. The molecule has 9 aromatic rings. The van der Waals surface area contributed by atoms with Crippen molar-refractivity contribution >= 4 is 64.6 Å². The van der Waals surface area contributed by atoms with Gasteiger partial charge in [0, 0.05) is 42.1 Å². The molecule has 0 aliphatic heterocycles. The number of hydrogen-bond donors (Lipinski definition) is 0. The molecule has 9 rings (SSSR count). The predicted octanol–water partition coefficient (Wildman–Crippen LogP) is 10.3. The van der Waals surface area contributed by atoms with Crippen molar-refractivity contribution in [2.45, 2.75) is 6.85 Å². The van der Waals surface area contributed by atoms with Gasteiger partial charge in [0.25, 0.3) is 0 Å². The molecule has 5 heteroatoms. The molecule has 4 heterocycles. The molecule has 5 aromatic carbocycles. The van der Waals surface area contributed by atoms with Crippen LogP contribution in [0.2, 0.25) is 0 Å². The summed E-state index contributed by atoms with van der Waals surface area (Å²) in [7, 11) is 0. The molecule has 0 N–H and O–H groups in total. The Kier molecular flexibility index (Phi) is 4.35. The van der Waals surface area contributed by atoms with E-state index < -0.39 is 6.85 Å². The number of nitrogens with zero attached hydrogens (tertiary/aromatic N) is 3. The third-order valence-electron chi connectivity index (χ3n) is 8.02. The molecule has 0 fully saturated rings. The van der Waals surface area contributed by atoms with Gasteiger partial charge in [-0.1, -0.05) is 78.4 Å². The lowest BCUT2D eigenvalue weighted by Crippen LogP contribution is -1.98. The molecule has 4 nitrogen and oxygen atoms in total. The van der Waals surface area contributed by atoms with Gasteiger partial charge in [-0.25, -0.2) is 9.97 Å². The Morgan fingerprint density at radius 1 is 0.738 bits per heavy atom. The van der Waals surface area contributed by atoms with E-state index in [1.165, 1.54) is 0 Å². The average Bonchev–Trinajstić information content (AvgIpc) is 3.76. The Hall–Kier alpha value is -5.26. The van der Waals surface area contributed by atoms with Crippen LogP contribution in [0.4, 0.5) is 0 Å². The van der Waals surface area contributed by atoms with Crippen molar-refractivity contribution in [3.05, 3.63) is 127 Å². The second-order valence-corrected chi connectivity index (χ2v) is 11.4. The highest BCUT2D eigenvalue weighted by molar-refractivity contribution is 7.26. The molecule has 0 atom stereocenters. The van der Waals surface area contributed by atoms with Gasteiger partial charge in [0.15, 0.2) is 5.58 Å². The van der Waals surface area contributed by atoms with E-state index in [4.69, 9.17) is 18.5 Å². The van der Waals surface area contributed by atoms with Crippen LogP contribution in [-0.2, 0) is 0 Å². The Bertz CT molecular complexity index is 2590. The molecule has 0 saturated heterocycles. The molecule has 0 unspecified atom stereocenters. The SMILES string of the molecule is [2H]C([2H])([2H])c1ccc(-c2ccc(-c3nc4ccccc4n3-c3cccc4c3oc3ccccc34)c3sc4ncccc4c23)cc1. The van der Waals surface area contributed by atoms with E-state index in [1.807, 2.05) is 60.8 Å². The molecule has 0 amide bonds. The summed E-state index contributed by atoms with van der Waals surface area (Å²) in [5, 5.41) is 4.25. The summed E-state index contributed by atoms with van der Waals surface area (Å²) in [4.78, 5) is 10.9. The molecular weight excluding hydrogens is 534 g/mol. The van der Waals surface area contributed by atoms with E-state index in [-0.39, 0.29) is 0 Å². The number of imidazole rings is 1. The van der Waals surface area contributed by atoms with Crippen LogP contribution in [0, 0.1) is 6.85 Å². The number of aryl methyl sites for hydroxylation is 1. The number of furan rings is 1. The van der Waals surface area contributed by atoms with Crippen LogP contribution in [0.15, 0.2) is 126 Å². The molecular formula is C37H23N3OS. The molecule has 0 bridgehead atoms. The smallest absolute Gasteiger partial charge is 0.159 e. The van der Waals surface area contributed by atoms with E-state index in [2.05, 4.69) is 53.1 Å². The van der Waals surface area contributed by atoms with E-state index >= 15 is 0 Å². The monoisotopic (exact) mass is 560 g/mol. The van der Waals surface area contributed by atoms with Crippen molar-refractivity contribution < 1.29 is 8.53 Å². The number of aromatic nitrogens is 3. The third-order valence-corrected chi connectivity index (χ3v) is 9.17. The standard InChI is InChI=1S/C37H23N3OS/c1-22-15-17-23(18-16-22)24-19-20-28(35-33(24)27-10-7-21-38-37(27)42-35)36-39-29-11-3-4-12-30(29)40(36)31-13-6-9-26-25-8-2-5-14-32(25)41-34(26)31/h2-21H,1H3/i1D3. The fourth-order valence-electron chi connectivity index (χ4n) is 6.14. The maximum absolute atomic E-state index is 7.82. The topological polar surface area (TPSA) is 43.9 Å². The number of hydrogen-bond acceptors (Lipinski definition) is 4. The Labute approximate surface area is 249 Å². The van der Waals surface area contributed by atoms with E-state index in [0.717, 1.165) is 81.5 Å².